The molecule has 0 saturated carbocycles. The Morgan fingerprint density at radius 2 is 2.14 bits per heavy atom. The van der Waals surface area contributed by atoms with Crippen LogP contribution in [0.1, 0.15) is 28.6 Å². The highest BCUT2D eigenvalue weighted by Crippen LogP contribution is 2.32. The van der Waals surface area contributed by atoms with E-state index >= 15 is 0 Å². The maximum atomic E-state index is 6.06. The van der Waals surface area contributed by atoms with E-state index in [1.807, 2.05) is 24.3 Å². The van der Waals surface area contributed by atoms with Crippen LogP contribution in [0.2, 0.25) is 0 Å². The van der Waals surface area contributed by atoms with Gasteiger partial charge in [-0.1, -0.05) is 18.2 Å². The van der Waals surface area contributed by atoms with Crippen molar-refractivity contribution in [3.05, 3.63) is 58.6 Å². The first-order valence-corrected chi connectivity index (χ1v) is 7.97. The third-order valence-electron chi connectivity index (χ3n) is 3.94. The van der Waals surface area contributed by atoms with E-state index in [-0.39, 0.29) is 6.04 Å². The molecule has 2 aromatic carbocycles. The number of ether oxygens (including phenoxy) is 1. The Morgan fingerprint density at radius 1 is 1.24 bits per heavy atom. The third kappa shape index (κ3) is 2.41. The molecule has 1 aliphatic rings. The number of nitrogens with two attached hydrogens (primary N) is 1. The number of fused-ring (bicyclic) bond motifs is 2. The van der Waals surface area contributed by atoms with E-state index in [4.69, 9.17) is 10.5 Å². The molecule has 3 aromatic rings. The van der Waals surface area contributed by atoms with Crippen LogP contribution in [0.4, 0.5) is 0 Å². The van der Waals surface area contributed by atoms with Crippen LogP contribution in [0.25, 0.3) is 10.2 Å². The number of nitrogens with zero attached hydrogens (tertiary/aromatic N) is 1. The van der Waals surface area contributed by atoms with Gasteiger partial charge in [-0.3, -0.25) is 0 Å². The van der Waals surface area contributed by atoms with E-state index in [1.54, 1.807) is 11.3 Å². The van der Waals surface area contributed by atoms with Crippen LogP contribution in [0.15, 0.2) is 42.5 Å². The van der Waals surface area contributed by atoms with Crippen LogP contribution < -0.4 is 10.5 Å². The average molecular weight is 296 g/mol. The van der Waals surface area contributed by atoms with Gasteiger partial charge in [0.2, 0.25) is 0 Å². The number of para-hydroxylation sites is 1. The van der Waals surface area contributed by atoms with Crippen LogP contribution in [0.5, 0.6) is 5.75 Å². The van der Waals surface area contributed by atoms with Crippen molar-refractivity contribution in [2.75, 3.05) is 0 Å². The van der Waals surface area contributed by atoms with Gasteiger partial charge in [0.1, 0.15) is 17.4 Å². The minimum Gasteiger partial charge on any atom is -0.486 e. The smallest absolute Gasteiger partial charge is 0.140 e. The molecule has 1 aliphatic carbocycles. The van der Waals surface area contributed by atoms with E-state index in [9.17, 15) is 0 Å². The molecule has 0 bridgehead atoms. The van der Waals surface area contributed by atoms with E-state index in [1.165, 1.54) is 15.8 Å². The SMILES string of the molecule is N[C@@H]1CCc2cc(OCc3nc4ccccc4s3)ccc21. The first-order valence-electron chi connectivity index (χ1n) is 7.15. The highest BCUT2D eigenvalue weighted by atomic mass is 32.1. The zero-order valence-electron chi connectivity index (χ0n) is 11.6. The normalized spacial score (nSPS) is 17.1. The Balaban J connectivity index is 1.51. The lowest BCUT2D eigenvalue weighted by atomic mass is 10.1. The van der Waals surface area contributed by atoms with Gasteiger partial charge in [0, 0.05) is 6.04 Å². The molecule has 0 saturated heterocycles. The monoisotopic (exact) mass is 296 g/mol. The standard InChI is InChI=1S/C17H16N2OS/c18-14-8-5-11-9-12(6-7-13(11)14)20-10-17-19-15-3-1-2-4-16(15)21-17/h1-4,6-7,9,14H,5,8,10,18H2/t14-/m1/s1. The van der Waals surface area contributed by atoms with Gasteiger partial charge < -0.3 is 10.5 Å². The van der Waals surface area contributed by atoms with E-state index in [0.717, 1.165) is 29.1 Å². The number of hydrogen-bond acceptors (Lipinski definition) is 4. The van der Waals surface area contributed by atoms with E-state index in [0.29, 0.717) is 6.61 Å². The summed E-state index contributed by atoms with van der Waals surface area (Å²) in [4.78, 5) is 4.59. The summed E-state index contributed by atoms with van der Waals surface area (Å²) in [7, 11) is 0. The Hall–Kier alpha value is -1.91. The number of aryl methyl sites for hydroxylation is 1. The van der Waals surface area contributed by atoms with Crippen molar-refractivity contribution in [2.24, 2.45) is 5.73 Å². The lowest BCUT2D eigenvalue weighted by Gasteiger charge is -2.08. The van der Waals surface area contributed by atoms with Gasteiger partial charge in [-0.2, -0.15) is 0 Å². The van der Waals surface area contributed by atoms with Crippen molar-refractivity contribution < 1.29 is 4.74 Å². The molecule has 0 radical (unpaired) electrons. The van der Waals surface area contributed by atoms with Gasteiger partial charge in [0.25, 0.3) is 0 Å². The van der Waals surface area contributed by atoms with Crippen molar-refractivity contribution in [1.82, 2.24) is 4.98 Å². The second-order valence-electron chi connectivity index (χ2n) is 5.37. The molecule has 0 unspecified atom stereocenters. The maximum absolute atomic E-state index is 6.06. The first kappa shape index (κ1) is 12.8. The molecule has 0 amide bonds. The van der Waals surface area contributed by atoms with Crippen molar-refractivity contribution in [1.29, 1.82) is 0 Å². The summed E-state index contributed by atoms with van der Waals surface area (Å²) in [5.74, 6) is 0.905. The van der Waals surface area contributed by atoms with Crippen LogP contribution in [0.3, 0.4) is 0 Å². The minimum atomic E-state index is 0.193. The highest BCUT2D eigenvalue weighted by Gasteiger charge is 2.19. The minimum absolute atomic E-state index is 0.193. The Kier molecular flexibility index (Phi) is 3.13. The molecule has 4 heteroatoms. The largest absolute Gasteiger partial charge is 0.486 e. The molecule has 0 spiro atoms. The number of rotatable bonds is 3. The molecule has 1 heterocycles. The fourth-order valence-corrected chi connectivity index (χ4v) is 3.72. The van der Waals surface area contributed by atoms with Crippen LogP contribution >= 0.6 is 11.3 Å². The average Bonchev–Trinajstić information content (AvgIpc) is 3.08. The molecular weight excluding hydrogens is 280 g/mol. The van der Waals surface area contributed by atoms with Gasteiger partial charge >= 0.3 is 0 Å². The number of benzene rings is 2. The van der Waals surface area contributed by atoms with Gasteiger partial charge in [-0.05, 0) is 48.2 Å². The second kappa shape index (κ2) is 5.13. The lowest BCUT2D eigenvalue weighted by Crippen LogP contribution is -2.05. The molecule has 4 rings (SSSR count). The van der Waals surface area contributed by atoms with Crippen molar-refractivity contribution in [3.63, 3.8) is 0 Å². The molecule has 3 nitrogen and oxygen atoms in total. The third-order valence-corrected chi connectivity index (χ3v) is 4.95. The fraction of sp³-hybridized carbons (Fsp3) is 0.235. The Morgan fingerprint density at radius 3 is 3.05 bits per heavy atom. The molecule has 0 aliphatic heterocycles. The van der Waals surface area contributed by atoms with Crippen molar-refractivity contribution in [2.45, 2.75) is 25.5 Å². The highest BCUT2D eigenvalue weighted by molar-refractivity contribution is 7.18. The van der Waals surface area contributed by atoms with Crippen LogP contribution in [-0.2, 0) is 13.0 Å². The molecular formula is C17H16N2OS. The topological polar surface area (TPSA) is 48.1 Å². The summed E-state index contributed by atoms with van der Waals surface area (Å²) < 4.78 is 7.09. The quantitative estimate of drug-likeness (QED) is 0.799. The number of aromatic nitrogens is 1. The Labute approximate surface area is 127 Å². The fourth-order valence-electron chi connectivity index (χ4n) is 2.84. The lowest BCUT2D eigenvalue weighted by molar-refractivity contribution is 0.305. The van der Waals surface area contributed by atoms with Gasteiger partial charge in [0.15, 0.2) is 0 Å². The maximum Gasteiger partial charge on any atom is 0.140 e. The number of thiazole rings is 1. The summed E-state index contributed by atoms with van der Waals surface area (Å²) in [6, 6.07) is 14.6. The van der Waals surface area contributed by atoms with Crippen LogP contribution in [0, 0.1) is 0 Å². The summed E-state index contributed by atoms with van der Waals surface area (Å²) in [5.41, 5.74) is 9.69. The van der Waals surface area contributed by atoms with Crippen LogP contribution in [-0.4, -0.2) is 4.98 Å². The summed E-state index contributed by atoms with van der Waals surface area (Å²) in [5, 5.41) is 1.01. The van der Waals surface area contributed by atoms with E-state index in [2.05, 4.69) is 23.2 Å². The first-order chi connectivity index (χ1) is 10.3. The Bertz CT molecular complexity index is 763. The summed E-state index contributed by atoms with van der Waals surface area (Å²) in [6.07, 6.45) is 2.09. The predicted octanol–water partition coefficient (Wildman–Crippen LogP) is 3.82. The molecule has 0 fully saturated rings. The predicted molar refractivity (Wildman–Crippen MR) is 85.6 cm³/mol. The molecule has 1 atom stereocenters. The van der Waals surface area contributed by atoms with Gasteiger partial charge in [-0.25, -0.2) is 4.98 Å². The summed E-state index contributed by atoms with van der Waals surface area (Å²) >= 11 is 1.69. The van der Waals surface area contributed by atoms with Crippen molar-refractivity contribution in [3.8, 4) is 5.75 Å². The molecule has 21 heavy (non-hydrogen) atoms. The van der Waals surface area contributed by atoms with E-state index < -0.39 is 0 Å². The number of hydrogen-bond donors (Lipinski definition) is 1. The molecule has 2 N–H and O–H groups in total. The van der Waals surface area contributed by atoms with Crippen molar-refractivity contribution >= 4 is 21.6 Å². The second-order valence-corrected chi connectivity index (χ2v) is 6.48. The van der Waals surface area contributed by atoms with Gasteiger partial charge in [0.05, 0.1) is 10.2 Å². The van der Waals surface area contributed by atoms with Gasteiger partial charge in [-0.15, -0.1) is 11.3 Å². The zero-order valence-corrected chi connectivity index (χ0v) is 12.4. The molecule has 1 aromatic heterocycles. The zero-order chi connectivity index (χ0) is 14.2. The summed E-state index contributed by atoms with van der Waals surface area (Å²) in [6.45, 7) is 0.518. The molecule has 106 valence electrons.